The highest BCUT2D eigenvalue weighted by Crippen LogP contribution is 2.16. The van der Waals surface area contributed by atoms with E-state index in [1.54, 1.807) is 14.2 Å². The second kappa shape index (κ2) is 5.47. The largest absolute Gasteiger partial charge is 0.377 e. The lowest BCUT2D eigenvalue weighted by Crippen LogP contribution is -2.30. The Hall–Kier alpha value is -1.44. The number of rotatable bonds is 4. The third-order valence-electron chi connectivity index (χ3n) is 3.19. The third kappa shape index (κ3) is 2.69. The molecule has 1 aliphatic heterocycles. The van der Waals surface area contributed by atoms with Crippen molar-refractivity contribution in [3.63, 3.8) is 0 Å². The normalized spacial score (nSPS) is 24.6. The lowest BCUT2D eigenvalue weighted by molar-refractivity contribution is -0.00461. The van der Waals surface area contributed by atoms with Crippen molar-refractivity contribution >= 4 is 0 Å². The fraction of sp³-hybridized carbons (Fsp3) is 0.636. The highest BCUT2D eigenvalue weighted by atomic mass is 16.5. The Bertz CT molecular complexity index is 498. The van der Waals surface area contributed by atoms with Gasteiger partial charge in [0.05, 0.1) is 12.2 Å². The monoisotopic (exact) mass is 255 g/mol. The van der Waals surface area contributed by atoms with Crippen molar-refractivity contribution < 1.29 is 9.47 Å². The van der Waals surface area contributed by atoms with Crippen LogP contribution in [0.15, 0.2) is 15.8 Å². The van der Waals surface area contributed by atoms with Gasteiger partial charge in [-0.1, -0.05) is 0 Å². The maximum atomic E-state index is 11.6. The second-order valence-corrected chi connectivity index (χ2v) is 4.34. The van der Waals surface area contributed by atoms with Gasteiger partial charge in [0.25, 0.3) is 5.56 Å². The van der Waals surface area contributed by atoms with Crippen molar-refractivity contribution in [1.29, 1.82) is 0 Å². The number of methoxy groups -OCH3 is 2. The van der Waals surface area contributed by atoms with E-state index in [4.69, 9.17) is 9.47 Å². The first-order valence-corrected chi connectivity index (χ1v) is 5.73. The van der Waals surface area contributed by atoms with Gasteiger partial charge in [-0.2, -0.15) is 0 Å². The summed E-state index contributed by atoms with van der Waals surface area (Å²) in [6, 6.07) is 0. The van der Waals surface area contributed by atoms with Crippen molar-refractivity contribution in [1.82, 2.24) is 14.9 Å². The molecule has 7 heteroatoms. The quantitative estimate of drug-likeness (QED) is 0.713. The Morgan fingerprint density at radius 3 is 2.39 bits per heavy atom. The van der Waals surface area contributed by atoms with Crippen LogP contribution >= 0.6 is 0 Å². The van der Waals surface area contributed by atoms with Crippen molar-refractivity contribution in [3.8, 4) is 0 Å². The summed E-state index contributed by atoms with van der Waals surface area (Å²) < 4.78 is 10.6. The van der Waals surface area contributed by atoms with Gasteiger partial charge in [-0.15, -0.1) is 0 Å². The molecule has 0 bridgehead atoms. The van der Waals surface area contributed by atoms with Gasteiger partial charge in [-0.3, -0.25) is 14.7 Å². The summed E-state index contributed by atoms with van der Waals surface area (Å²) in [6.07, 6.45) is 1.47. The van der Waals surface area contributed by atoms with Crippen LogP contribution in [-0.4, -0.2) is 54.4 Å². The standard InChI is InChI=1S/C11H17N3O4/c1-17-8-5-14(6-9(8)18-2)4-7-3-12-11(16)13-10(7)15/h3,8-9H,4-6H2,1-2H3,(H2,12,13,15,16)/t8-,9+. The summed E-state index contributed by atoms with van der Waals surface area (Å²) in [4.78, 5) is 29.2. The molecule has 1 saturated heterocycles. The predicted octanol–water partition coefficient (Wildman–Crippen LogP) is -1.09. The molecule has 1 aromatic rings. The van der Waals surface area contributed by atoms with E-state index in [2.05, 4.69) is 14.9 Å². The van der Waals surface area contributed by atoms with Crippen LogP contribution in [0.5, 0.6) is 0 Å². The fourth-order valence-corrected chi connectivity index (χ4v) is 2.20. The molecule has 1 aliphatic rings. The summed E-state index contributed by atoms with van der Waals surface area (Å²) >= 11 is 0. The molecule has 0 unspecified atom stereocenters. The Balaban J connectivity index is 2.07. The van der Waals surface area contributed by atoms with E-state index >= 15 is 0 Å². The van der Waals surface area contributed by atoms with Gasteiger partial charge >= 0.3 is 5.69 Å². The van der Waals surface area contributed by atoms with Crippen molar-refractivity contribution in [3.05, 3.63) is 32.6 Å². The SMILES string of the molecule is CO[C@H]1CN(Cc2c[nH]c(=O)[nH]c2=O)C[C@H]1OC. The van der Waals surface area contributed by atoms with E-state index in [1.807, 2.05) is 0 Å². The molecule has 100 valence electrons. The minimum Gasteiger partial charge on any atom is -0.377 e. The zero-order valence-electron chi connectivity index (χ0n) is 10.4. The van der Waals surface area contributed by atoms with E-state index in [0.717, 1.165) is 0 Å². The van der Waals surface area contributed by atoms with Crippen LogP contribution in [0.1, 0.15) is 5.56 Å². The number of nitrogens with one attached hydrogen (secondary N) is 2. The first kappa shape index (κ1) is 13.0. The van der Waals surface area contributed by atoms with Gasteiger partial charge < -0.3 is 14.5 Å². The molecule has 2 atom stereocenters. The van der Waals surface area contributed by atoms with E-state index in [9.17, 15) is 9.59 Å². The lowest BCUT2D eigenvalue weighted by atomic mass is 10.3. The first-order chi connectivity index (χ1) is 8.63. The average molecular weight is 255 g/mol. The van der Waals surface area contributed by atoms with Crippen LogP contribution < -0.4 is 11.2 Å². The van der Waals surface area contributed by atoms with Gasteiger partial charge in [0, 0.05) is 45.6 Å². The van der Waals surface area contributed by atoms with Gasteiger partial charge in [0.1, 0.15) is 0 Å². The highest BCUT2D eigenvalue weighted by Gasteiger charge is 2.32. The van der Waals surface area contributed by atoms with E-state index in [0.29, 0.717) is 25.2 Å². The number of aromatic nitrogens is 2. The zero-order chi connectivity index (χ0) is 13.1. The van der Waals surface area contributed by atoms with Crippen LogP contribution in [-0.2, 0) is 16.0 Å². The Morgan fingerprint density at radius 1 is 1.28 bits per heavy atom. The molecule has 0 aromatic carbocycles. The molecule has 0 radical (unpaired) electrons. The zero-order valence-corrected chi connectivity index (χ0v) is 10.4. The molecule has 1 fully saturated rings. The summed E-state index contributed by atoms with van der Waals surface area (Å²) in [6.45, 7) is 1.87. The molecule has 7 nitrogen and oxygen atoms in total. The third-order valence-corrected chi connectivity index (χ3v) is 3.19. The van der Waals surface area contributed by atoms with Crippen LogP contribution in [0, 0.1) is 0 Å². The van der Waals surface area contributed by atoms with Crippen LogP contribution in [0.3, 0.4) is 0 Å². The number of ether oxygens (including phenoxy) is 2. The maximum absolute atomic E-state index is 11.6. The van der Waals surface area contributed by atoms with Crippen LogP contribution in [0.2, 0.25) is 0 Å². The van der Waals surface area contributed by atoms with Gasteiger partial charge in [-0.25, -0.2) is 4.79 Å². The maximum Gasteiger partial charge on any atom is 0.325 e. The summed E-state index contributed by atoms with van der Waals surface area (Å²) in [5.74, 6) is 0. The topological polar surface area (TPSA) is 87.4 Å². The van der Waals surface area contributed by atoms with Crippen molar-refractivity contribution in [2.24, 2.45) is 0 Å². The van der Waals surface area contributed by atoms with Crippen molar-refractivity contribution in [2.75, 3.05) is 27.3 Å². The molecule has 18 heavy (non-hydrogen) atoms. The molecule has 0 saturated carbocycles. The lowest BCUT2D eigenvalue weighted by Gasteiger charge is -2.13. The molecular formula is C11H17N3O4. The Labute approximate surface area is 104 Å². The van der Waals surface area contributed by atoms with Gasteiger partial charge in [-0.05, 0) is 0 Å². The first-order valence-electron chi connectivity index (χ1n) is 5.73. The summed E-state index contributed by atoms with van der Waals surface area (Å²) in [5, 5.41) is 0. The molecular weight excluding hydrogens is 238 g/mol. The fourth-order valence-electron chi connectivity index (χ4n) is 2.20. The van der Waals surface area contributed by atoms with E-state index in [-0.39, 0.29) is 17.8 Å². The average Bonchev–Trinajstić information content (AvgIpc) is 2.75. The Morgan fingerprint density at radius 2 is 1.89 bits per heavy atom. The van der Waals surface area contributed by atoms with Gasteiger partial charge in [0.2, 0.25) is 0 Å². The molecule has 0 aliphatic carbocycles. The summed E-state index contributed by atoms with van der Waals surface area (Å²) in [5.41, 5.74) is -0.315. The van der Waals surface area contributed by atoms with E-state index in [1.165, 1.54) is 6.20 Å². The molecule has 2 N–H and O–H groups in total. The number of likely N-dealkylation sites (tertiary alicyclic amines) is 1. The number of hydrogen-bond donors (Lipinski definition) is 2. The number of aromatic amines is 2. The number of nitrogens with zero attached hydrogens (tertiary/aromatic N) is 1. The smallest absolute Gasteiger partial charge is 0.325 e. The Kier molecular flexibility index (Phi) is 3.95. The number of hydrogen-bond acceptors (Lipinski definition) is 5. The predicted molar refractivity (Wildman–Crippen MR) is 64.6 cm³/mol. The number of H-pyrrole nitrogens is 2. The molecule has 1 aromatic heterocycles. The molecule has 2 rings (SSSR count). The minimum atomic E-state index is -0.491. The molecule has 2 heterocycles. The minimum absolute atomic E-state index is 0.0110. The van der Waals surface area contributed by atoms with Crippen LogP contribution in [0.25, 0.3) is 0 Å². The van der Waals surface area contributed by atoms with Gasteiger partial charge in [0.15, 0.2) is 0 Å². The molecule has 0 spiro atoms. The van der Waals surface area contributed by atoms with Crippen molar-refractivity contribution in [2.45, 2.75) is 18.8 Å². The van der Waals surface area contributed by atoms with Crippen LogP contribution in [0.4, 0.5) is 0 Å². The second-order valence-electron chi connectivity index (χ2n) is 4.34. The molecule has 0 amide bonds. The van der Waals surface area contributed by atoms with E-state index < -0.39 is 5.69 Å². The highest BCUT2D eigenvalue weighted by molar-refractivity contribution is 5.04. The summed E-state index contributed by atoms with van der Waals surface area (Å²) in [7, 11) is 3.29.